The lowest BCUT2D eigenvalue weighted by atomic mass is 9.96. The van der Waals surface area contributed by atoms with Crippen LogP contribution in [0.2, 0.25) is 10.0 Å². The monoisotopic (exact) mass is 427 g/mol. The number of aryl methyl sites for hydroxylation is 1. The van der Waals surface area contributed by atoms with E-state index in [4.69, 9.17) is 23.2 Å². The summed E-state index contributed by atoms with van der Waals surface area (Å²) in [7, 11) is 0. The Morgan fingerprint density at radius 3 is 3.04 bits per heavy atom. The maximum Gasteiger partial charge on any atom is 0.224 e. The van der Waals surface area contributed by atoms with Crippen molar-refractivity contribution in [2.75, 3.05) is 25.4 Å². The molecule has 3 rings (SSSR count). The second-order valence-corrected chi connectivity index (χ2v) is 8.56. The Balaban J connectivity index is 1.43. The first kappa shape index (κ1) is 20.5. The first-order valence-electron chi connectivity index (χ1n) is 8.97. The number of hydrogen-bond acceptors (Lipinski definition) is 5. The molecule has 1 saturated heterocycles. The largest absolute Gasteiger partial charge is 0.355 e. The molecule has 1 amide bonds. The zero-order valence-corrected chi connectivity index (χ0v) is 17.5. The fourth-order valence-electron chi connectivity index (χ4n) is 3.15. The summed E-state index contributed by atoms with van der Waals surface area (Å²) in [5.74, 6) is 1.68. The molecule has 1 atom stereocenters. The number of carbonyl (C=O) groups excluding carboxylic acids is 1. The van der Waals surface area contributed by atoms with Crippen molar-refractivity contribution in [3.05, 3.63) is 39.6 Å². The van der Waals surface area contributed by atoms with E-state index in [2.05, 4.69) is 25.4 Å². The van der Waals surface area contributed by atoms with Crippen molar-refractivity contribution < 1.29 is 4.79 Å². The van der Waals surface area contributed by atoms with Crippen molar-refractivity contribution in [2.45, 2.75) is 31.5 Å². The van der Waals surface area contributed by atoms with Crippen molar-refractivity contribution in [1.82, 2.24) is 25.4 Å². The smallest absolute Gasteiger partial charge is 0.224 e. The standard InChI is InChI=1S/C18H23Cl2N5OS/c1-12-22-18(24-23-12)27-8-6-21-17(26)14-3-2-7-25(11-14)10-13-4-5-15(19)9-16(13)20/h4-5,9,14H,2-3,6-8,10-11H2,1H3,(H,21,26)(H,22,23,24). The maximum atomic E-state index is 12.5. The third kappa shape index (κ3) is 6.10. The van der Waals surface area contributed by atoms with Crippen LogP contribution in [0.25, 0.3) is 0 Å². The number of piperidine rings is 1. The molecule has 0 aliphatic carbocycles. The number of likely N-dealkylation sites (tertiary alicyclic amines) is 1. The third-order valence-corrected chi connectivity index (χ3v) is 5.93. The van der Waals surface area contributed by atoms with E-state index >= 15 is 0 Å². The van der Waals surface area contributed by atoms with E-state index in [-0.39, 0.29) is 11.8 Å². The highest BCUT2D eigenvalue weighted by Gasteiger charge is 2.25. The molecule has 146 valence electrons. The van der Waals surface area contributed by atoms with E-state index in [1.807, 2.05) is 19.1 Å². The zero-order chi connectivity index (χ0) is 19.2. The fourth-order valence-corrected chi connectivity index (χ4v) is 4.32. The minimum Gasteiger partial charge on any atom is -0.355 e. The summed E-state index contributed by atoms with van der Waals surface area (Å²) in [4.78, 5) is 19.0. The highest BCUT2D eigenvalue weighted by molar-refractivity contribution is 7.99. The van der Waals surface area contributed by atoms with E-state index in [9.17, 15) is 4.79 Å². The molecule has 2 N–H and O–H groups in total. The fraction of sp³-hybridized carbons (Fsp3) is 0.500. The number of amides is 1. The van der Waals surface area contributed by atoms with Gasteiger partial charge < -0.3 is 5.32 Å². The molecule has 0 radical (unpaired) electrons. The molecule has 2 aromatic rings. The molecule has 6 nitrogen and oxygen atoms in total. The van der Waals surface area contributed by atoms with Gasteiger partial charge in [-0.15, -0.1) is 5.10 Å². The van der Waals surface area contributed by atoms with Crippen LogP contribution in [-0.4, -0.2) is 51.4 Å². The van der Waals surface area contributed by atoms with Gasteiger partial charge in [0.25, 0.3) is 0 Å². The molecule has 1 aromatic heterocycles. The molecule has 27 heavy (non-hydrogen) atoms. The van der Waals surface area contributed by atoms with E-state index in [1.54, 1.807) is 6.07 Å². The summed E-state index contributed by atoms with van der Waals surface area (Å²) in [6.07, 6.45) is 1.93. The summed E-state index contributed by atoms with van der Waals surface area (Å²) in [6.45, 7) is 4.93. The van der Waals surface area contributed by atoms with Gasteiger partial charge in [0.05, 0.1) is 5.92 Å². The number of carbonyl (C=O) groups is 1. The van der Waals surface area contributed by atoms with Crippen LogP contribution in [0.5, 0.6) is 0 Å². The minimum absolute atomic E-state index is 0.0144. The Hall–Kier alpha value is -1.28. The van der Waals surface area contributed by atoms with Crippen molar-refractivity contribution >= 4 is 40.9 Å². The van der Waals surface area contributed by atoms with Gasteiger partial charge in [-0.2, -0.15) is 0 Å². The van der Waals surface area contributed by atoms with Crippen molar-refractivity contribution in [3.8, 4) is 0 Å². The van der Waals surface area contributed by atoms with E-state index in [0.717, 1.165) is 49.6 Å². The van der Waals surface area contributed by atoms with Gasteiger partial charge in [0, 0.05) is 35.4 Å². The Kier molecular flexibility index (Phi) is 7.41. The van der Waals surface area contributed by atoms with Gasteiger partial charge in [0.1, 0.15) is 5.82 Å². The minimum atomic E-state index is 0.0144. The number of nitrogens with one attached hydrogen (secondary N) is 2. The third-order valence-electron chi connectivity index (χ3n) is 4.49. The van der Waals surface area contributed by atoms with Gasteiger partial charge in [-0.1, -0.05) is 41.0 Å². The molecule has 1 fully saturated rings. The molecule has 1 unspecified atom stereocenters. The van der Waals surface area contributed by atoms with Gasteiger partial charge in [0.15, 0.2) is 0 Å². The molecule has 0 bridgehead atoms. The average molecular weight is 428 g/mol. The van der Waals surface area contributed by atoms with Gasteiger partial charge in [-0.05, 0) is 44.0 Å². The molecule has 0 spiro atoms. The van der Waals surface area contributed by atoms with Crippen LogP contribution in [0.3, 0.4) is 0 Å². The highest BCUT2D eigenvalue weighted by atomic mass is 35.5. The molecule has 1 aromatic carbocycles. The normalized spacial score (nSPS) is 17.8. The Bertz CT molecular complexity index is 785. The number of nitrogens with zero attached hydrogens (tertiary/aromatic N) is 3. The predicted octanol–water partition coefficient (Wildman–Crippen LogP) is 3.54. The lowest BCUT2D eigenvalue weighted by Gasteiger charge is -2.32. The lowest BCUT2D eigenvalue weighted by Crippen LogP contribution is -2.43. The van der Waals surface area contributed by atoms with Gasteiger partial charge in [-0.25, -0.2) is 4.98 Å². The molecule has 2 heterocycles. The van der Waals surface area contributed by atoms with Gasteiger partial charge in [0.2, 0.25) is 11.1 Å². The first-order valence-corrected chi connectivity index (χ1v) is 10.7. The van der Waals surface area contributed by atoms with Crippen molar-refractivity contribution in [3.63, 3.8) is 0 Å². The van der Waals surface area contributed by atoms with Crippen molar-refractivity contribution in [2.24, 2.45) is 5.92 Å². The lowest BCUT2D eigenvalue weighted by molar-refractivity contribution is -0.126. The van der Waals surface area contributed by atoms with Gasteiger partial charge in [-0.3, -0.25) is 14.8 Å². The van der Waals surface area contributed by atoms with Crippen LogP contribution in [0.1, 0.15) is 24.2 Å². The van der Waals surface area contributed by atoms with Crippen LogP contribution < -0.4 is 5.32 Å². The Labute approximate surface area is 173 Å². The van der Waals surface area contributed by atoms with Crippen LogP contribution >= 0.6 is 35.0 Å². The highest BCUT2D eigenvalue weighted by Crippen LogP contribution is 2.25. The van der Waals surface area contributed by atoms with E-state index < -0.39 is 0 Å². The number of halogens is 2. The topological polar surface area (TPSA) is 73.9 Å². The molecular weight excluding hydrogens is 405 g/mol. The van der Waals surface area contributed by atoms with E-state index in [1.165, 1.54) is 11.8 Å². The second kappa shape index (κ2) is 9.78. The van der Waals surface area contributed by atoms with Crippen LogP contribution in [-0.2, 0) is 11.3 Å². The SMILES string of the molecule is Cc1nc(SCCNC(=O)C2CCCN(Cc3ccc(Cl)cc3Cl)C2)n[nH]1. The average Bonchev–Trinajstić information content (AvgIpc) is 3.06. The number of benzene rings is 1. The summed E-state index contributed by atoms with van der Waals surface area (Å²) in [5.41, 5.74) is 1.04. The van der Waals surface area contributed by atoms with E-state index in [0.29, 0.717) is 21.7 Å². The summed E-state index contributed by atoms with van der Waals surface area (Å²) in [5, 5.41) is 11.9. The predicted molar refractivity (Wildman–Crippen MR) is 109 cm³/mol. The molecule has 1 aliphatic heterocycles. The van der Waals surface area contributed by atoms with Crippen LogP contribution in [0.15, 0.2) is 23.4 Å². The summed E-state index contributed by atoms with van der Waals surface area (Å²) < 4.78 is 0. The first-order chi connectivity index (χ1) is 13.0. The Morgan fingerprint density at radius 1 is 1.44 bits per heavy atom. The number of aromatic amines is 1. The summed E-state index contributed by atoms with van der Waals surface area (Å²) in [6, 6.07) is 5.57. The Morgan fingerprint density at radius 2 is 2.30 bits per heavy atom. The number of rotatable bonds is 7. The van der Waals surface area contributed by atoms with Crippen LogP contribution in [0, 0.1) is 12.8 Å². The van der Waals surface area contributed by atoms with Crippen LogP contribution in [0.4, 0.5) is 0 Å². The quantitative estimate of drug-likeness (QED) is 0.521. The maximum absolute atomic E-state index is 12.5. The van der Waals surface area contributed by atoms with Gasteiger partial charge >= 0.3 is 0 Å². The zero-order valence-electron chi connectivity index (χ0n) is 15.2. The second-order valence-electron chi connectivity index (χ2n) is 6.65. The van der Waals surface area contributed by atoms with Crippen molar-refractivity contribution in [1.29, 1.82) is 0 Å². The molecule has 0 saturated carbocycles. The number of aromatic nitrogens is 3. The summed E-state index contributed by atoms with van der Waals surface area (Å²) >= 11 is 13.8. The number of thioether (sulfide) groups is 1. The number of H-pyrrole nitrogens is 1. The molecule has 1 aliphatic rings. The molecule has 9 heteroatoms. The molecular formula is C18H23Cl2N5OS. The number of hydrogen-bond donors (Lipinski definition) is 2.